The summed E-state index contributed by atoms with van der Waals surface area (Å²) in [5, 5.41) is 0. The van der Waals surface area contributed by atoms with E-state index in [1.165, 1.54) is 0 Å². The van der Waals surface area contributed by atoms with Gasteiger partial charge in [-0.3, -0.25) is 14.6 Å². The van der Waals surface area contributed by atoms with Crippen LogP contribution < -0.4 is 0 Å². The highest BCUT2D eigenvalue weighted by Gasteiger charge is 2.58. The van der Waals surface area contributed by atoms with Gasteiger partial charge in [0, 0.05) is 43.2 Å². The second-order valence-corrected chi connectivity index (χ2v) is 9.19. The number of amides is 2. The van der Waals surface area contributed by atoms with E-state index >= 15 is 0 Å². The van der Waals surface area contributed by atoms with E-state index in [-0.39, 0.29) is 24.0 Å². The van der Waals surface area contributed by atoms with Gasteiger partial charge >= 0.3 is 6.09 Å². The zero-order chi connectivity index (χ0) is 22.8. The number of benzene rings is 2. The lowest BCUT2D eigenvalue weighted by Gasteiger charge is -2.43. The fourth-order valence-electron chi connectivity index (χ4n) is 5.66. The van der Waals surface area contributed by atoms with Crippen molar-refractivity contribution in [3.63, 3.8) is 0 Å². The molecule has 2 aromatic rings. The molecule has 1 unspecified atom stereocenters. The third-order valence-electron chi connectivity index (χ3n) is 7.37. The molecule has 3 aliphatic rings. The molecule has 3 saturated heterocycles. The molecule has 2 aromatic carbocycles. The summed E-state index contributed by atoms with van der Waals surface area (Å²) in [4.78, 5) is 32.7. The van der Waals surface area contributed by atoms with Crippen LogP contribution in [-0.2, 0) is 15.1 Å². The Bertz CT molecular complexity index is 962. The SMILES string of the molecule is C=CCN1CCC(C(=O)N2CCN3C(=O)OC(c4ccccc4)(c4ccccc4)C3C2)CC1. The van der Waals surface area contributed by atoms with E-state index < -0.39 is 5.60 Å². The number of likely N-dealkylation sites (tertiary alicyclic amines) is 1. The van der Waals surface area contributed by atoms with Crippen LogP contribution in [0.4, 0.5) is 4.79 Å². The highest BCUT2D eigenvalue weighted by atomic mass is 16.6. The molecule has 5 rings (SSSR count). The first-order valence-electron chi connectivity index (χ1n) is 11.9. The van der Waals surface area contributed by atoms with Gasteiger partial charge in [0.05, 0.1) is 0 Å². The molecule has 0 bridgehead atoms. The molecule has 3 heterocycles. The molecule has 6 nitrogen and oxygen atoms in total. The van der Waals surface area contributed by atoms with Gasteiger partial charge in [-0.1, -0.05) is 66.7 Å². The monoisotopic (exact) mass is 445 g/mol. The summed E-state index contributed by atoms with van der Waals surface area (Å²) in [6.07, 6.45) is 3.36. The third kappa shape index (κ3) is 3.82. The van der Waals surface area contributed by atoms with Gasteiger partial charge in [0.25, 0.3) is 0 Å². The lowest BCUT2D eigenvalue weighted by molar-refractivity contribution is -0.140. The lowest BCUT2D eigenvalue weighted by atomic mass is 9.79. The largest absolute Gasteiger partial charge is 0.431 e. The molecule has 172 valence electrons. The van der Waals surface area contributed by atoms with Crippen molar-refractivity contribution in [3.8, 4) is 0 Å². The molecule has 0 aliphatic carbocycles. The van der Waals surface area contributed by atoms with Crippen LogP contribution in [0.5, 0.6) is 0 Å². The Hall–Kier alpha value is -3.12. The van der Waals surface area contributed by atoms with Crippen LogP contribution in [0.2, 0.25) is 0 Å². The Balaban J connectivity index is 1.43. The maximum absolute atomic E-state index is 13.5. The average molecular weight is 446 g/mol. The number of ether oxygens (including phenoxy) is 1. The van der Waals surface area contributed by atoms with Gasteiger partial charge in [0.15, 0.2) is 5.60 Å². The molecule has 0 aromatic heterocycles. The van der Waals surface area contributed by atoms with E-state index in [1.54, 1.807) is 0 Å². The van der Waals surface area contributed by atoms with E-state index in [9.17, 15) is 9.59 Å². The zero-order valence-corrected chi connectivity index (χ0v) is 18.9. The maximum Gasteiger partial charge on any atom is 0.411 e. The van der Waals surface area contributed by atoms with Crippen LogP contribution in [0.25, 0.3) is 0 Å². The highest BCUT2D eigenvalue weighted by molar-refractivity contribution is 5.80. The van der Waals surface area contributed by atoms with Crippen LogP contribution >= 0.6 is 0 Å². The zero-order valence-electron chi connectivity index (χ0n) is 18.9. The summed E-state index contributed by atoms with van der Waals surface area (Å²) in [6.45, 7) is 8.06. The van der Waals surface area contributed by atoms with Crippen molar-refractivity contribution in [2.45, 2.75) is 24.5 Å². The summed E-state index contributed by atoms with van der Waals surface area (Å²) in [6, 6.07) is 19.6. The number of piperazine rings is 1. The number of hydrogen-bond donors (Lipinski definition) is 0. The number of rotatable bonds is 5. The van der Waals surface area contributed by atoms with E-state index in [0.29, 0.717) is 19.6 Å². The molecule has 0 N–H and O–H groups in total. The number of carbonyl (C=O) groups is 2. The van der Waals surface area contributed by atoms with Gasteiger partial charge in [0.2, 0.25) is 5.91 Å². The minimum Gasteiger partial charge on any atom is -0.431 e. The van der Waals surface area contributed by atoms with Crippen LogP contribution in [-0.4, -0.2) is 72.0 Å². The Morgan fingerprint density at radius 3 is 2.15 bits per heavy atom. The quantitative estimate of drug-likeness (QED) is 0.661. The first kappa shape index (κ1) is 21.7. The number of piperidine rings is 1. The summed E-state index contributed by atoms with van der Waals surface area (Å²) in [5.74, 6) is 0.251. The minimum atomic E-state index is -0.939. The summed E-state index contributed by atoms with van der Waals surface area (Å²) >= 11 is 0. The lowest BCUT2D eigenvalue weighted by Crippen LogP contribution is -2.59. The molecule has 3 fully saturated rings. The van der Waals surface area contributed by atoms with Gasteiger partial charge in [-0.15, -0.1) is 6.58 Å². The van der Waals surface area contributed by atoms with Gasteiger partial charge in [-0.05, 0) is 25.9 Å². The summed E-state index contributed by atoms with van der Waals surface area (Å²) in [7, 11) is 0. The second kappa shape index (κ2) is 9.02. The van der Waals surface area contributed by atoms with Gasteiger partial charge in [-0.25, -0.2) is 4.79 Å². The van der Waals surface area contributed by atoms with Crippen LogP contribution in [0.15, 0.2) is 73.3 Å². The van der Waals surface area contributed by atoms with E-state index in [1.807, 2.05) is 76.5 Å². The minimum absolute atomic E-state index is 0.0403. The molecule has 0 saturated carbocycles. The molecule has 0 spiro atoms. The van der Waals surface area contributed by atoms with Crippen molar-refractivity contribution in [2.75, 3.05) is 39.3 Å². The number of fused-ring (bicyclic) bond motifs is 1. The third-order valence-corrected chi connectivity index (χ3v) is 7.37. The average Bonchev–Trinajstić information content (AvgIpc) is 3.18. The van der Waals surface area contributed by atoms with E-state index in [2.05, 4.69) is 11.5 Å². The maximum atomic E-state index is 13.5. The molecule has 2 amide bonds. The van der Waals surface area contributed by atoms with Crippen molar-refractivity contribution in [2.24, 2.45) is 5.92 Å². The fourth-order valence-corrected chi connectivity index (χ4v) is 5.66. The van der Waals surface area contributed by atoms with Crippen molar-refractivity contribution >= 4 is 12.0 Å². The number of carbonyl (C=O) groups excluding carboxylic acids is 2. The van der Waals surface area contributed by atoms with Crippen LogP contribution in [0.1, 0.15) is 24.0 Å². The van der Waals surface area contributed by atoms with E-state index in [4.69, 9.17) is 4.74 Å². The van der Waals surface area contributed by atoms with Crippen molar-refractivity contribution in [1.82, 2.24) is 14.7 Å². The number of hydrogen-bond acceptors (Lipinski definition) is 4. The smallest absolute Gasteiger partial charge is 0.411 e. The summed E-state index contributed by atoms with van der Waals surface area (Å²) < 4.78 is 6.22. The topological polar surface area (TPSA) is 53.1 Å². The molecule has 3 aliphatic heterocycles. The van der Waals surface area contributed by atoms with Gasteiger partial charge in [0.1, 0.15) is 6.04 Å². The fraction of sp³-hybridized carbons (Fsp3) is 0.407. The summed E-state index contributed by atoms with van der Waals surface area (Å²) in [5.41, 5.74) is 0.930. The van der Waals surface area contributed by atoms with Gasteiger partial charge < -0.3 is 9.64 Å². The van der Waals surface area contributed by atoms with E-state index in [0.717, 1.165) is 43.6 Å². The number of nitrogens with zero attached hydrogens (tertiary/aromatic N) is 3. The highest BCUT2D eigenvalue weighted by Crippen LogP contribution is 2.46. The molecule has 1 atom stereocenters. The normalized spacial score (nSPS) is 23.2. The Kier molecular flexibility index (Phi) is 5.94. The molecular weight excluding hydrogens is 414 g/mol. The van der Waals surface area contributed by atoms with Crippen molar-refractivity contribution < 1.29 is 14.3 Å². The van der Waals surface area contributed by atoms with Crippen LogP contribution in [0, 0.1) is 5.92 Å². The second-order valence-electron chi connectivity index (χ2n) is 9.19. The van der Waals surface area contributed by atoms with Crippen LogP contribution in [0.3, 0.4) is 0 Å². The molecule has 33 heavy (non-hydrogen) atoms. The predicted octanol–water partition coefficient (Wildman–Crippen LogP) is 3.49. The predicted molar refractivity (Wildman–Crippen MR) is 127 cm³/mol. The first-order valence-corrected chi connectivity index (χ1v) is 11.9. The first-order chi connectivity index (χ1) is 16.1. The van der Waals surface area contributed by atoms with Gasteiger partial charge in [-0.2, -0.15) is 0 Å². The standard InChI is InChI=1S/C27H31N3O3/c1-2-15-28-16-13-21(14-17-28)25(31)29-18-19-30-24(20-29)27(33-26(30)32,22-9-5-3-6-10-22)23-11-7-4-8-12-23/h2-12,21,24H,1,13-20H2. The molecule has 0 radical (unpaired) electrons. The Labute approximate surface area is 195 Å². The Morgan fingerprint density at radius 2 is 1.58 bits per heavy atom. The van der Waals surface area contributed by atoms with Crippen molar-refractivity contribution in [1.29, 1.82) is 0 Å². The molecular formula is C27H31N3O3. The van der Waals surface area contributed by atoms with Crippen molar-refractivity contribution in [3.05, 3.63) is 84.4 Å². The Morgan fingerprint density at radius 1 is 0.970 bits per heavy atom. The number of cyclic esters (lactones) is 1. The molecule has 6 heteroatoms.